The highest BCUT2D eigenvalue weighted by molar-refractivity contribution is 7.13. The smallest absolute Gasteiger partial charge is 0.270 e. The van der Waals surface area contributed by atoms with E-state index in [9.17, 15) is 4.79 Å². The predicted molar refractivity (Wildman–Crippen MR) is 84.2 cm³/mol. The highest BCUT2D eigenvalue weighted by Crippen LogP contribution is 2.25. The predicted octanol–water partition coefficient (Wildman–Crippen LogP) is 4.07. The van der Waals surface area contributed by atoms with Crippen LogP contribution in [-0.2, 0) is 0 Å². The molecule has 0 bridgehead atoms. The minimum Gasteiger partial charge on any atom is -0.349 e. The molecule has 0 saturated heterocycles. The highest BCUT2D eigenvalue weighted by atomic mass is 32.1. The molecule has 0 aliphatic rings. The second kappa shape index (κ2) is 6.18. The first-order valence-corrected chi connectivity index (χ1v) is 7.72. The first kappa shape index (κ1) is 14.7. The van der Waals surface area contributed by atoms with Gasteiger partial charge in [-0.3, -0.25) is 4.79 Å². The number of thiazole rings is 1. The molecule has 0 atom stereocenters. The van der Waals surface area contributed by atoms with E-state index in [0.717, 1.165) is 10.6 Å². The Morgan fingerprint density at radius 1 is 1.15 bits per heavy atom. The number of benzene rings is 1. The van der Waals surface area contributed by atoms with Crippen LogP contribution >= 0.6 is 11.3 Å². The van der Waals surface area contributed by atoms with Gasteiger partial charge in [0.25, 0.3) is 5.91 Å². The molecule has 106 valence electrons. The standard InChI is InChI=1S/C16H20N2OS/c1-10(2)12-5-7-13(8-6-12)16-18-14(9-20-16)15(19)17-11(3)4/h5-11H,1-4H3,(H,17,19). The molecule has 0 unspecified atom stereocenters. The zero-order valence-electron chi connectivity index (χ0n) is 12.3. The summed E-state index contributed by atoms with van der Waals surface area (Å²) in [4.78, 5) is 16.3. The summed E-state index contributed by atoms with van der Waals surface area (Å²) in [6.45, 7) is 8.23. The lowest BCUT2D eigenvalue weighted by atomic mass is 10.0. The van der Waals surface area contributed by atoms with Gasteiger partial charge in [0.15, 0.2) is 0 Å². The zero-order chi connectivity index (χ0) is 14.7. The lowest BCUT2D eigenvalue weighted by Crippen LogP contribution is -2.30. The quantitative estimate of drug-likeness (QED) is 0.921. The third-order valence-electron chi connectivity index (χ3n) is 2.98. The number of aromatic nitrogens is 1. The van der Waals surface area contributed by atoms with Crippen LogP contribution in [0.3, 0.4) is 0 Å². The van der Waals surface area contributed by atoms with Crippen molar-refractivity contribution in [2.45, 2.75) is 39.7 Å². The Labute approximate surface area is 124 Å². The van der Waals surface area contributed by atoms with Gasteiger partial charge in [-0.25, -0.2) is 4.98 Å². The Bertz CT molecular complexity index is 585. The molecular formula is C16H20N2OS. The molecule has 1 aromatic heterocycles. The number of hydrogen-bond donors (Lipinski definition) is 1. The number of hydrogen-bond acceptors (Lipinski definition) is 3. The van der Waals surface area contributed by atoms with Crippen LogP contribution in [0.5, 0.6) is 0 Å². The van der Waals surface area contributed by atoms with Crippen LogP contribution in [0.1, 0.15) is 49.7 Å². The maximum atomic E-state index is 11.9. The molecule has 1 N–H and O–H groups in total. The molecule has 0 fully saturated rings. The lowest BCUT2D eigenvalue weighted by Gasteiger charge is -2.06. The number of carbonyl (C=O) groups is 1. The van der Waals surface area contributed by atoms with Gasteiger partial charge in [-0.2, -0.15) is 0 Å². The Morgan fingerprint density at radius 2 is 1.80 bits per heavy atom. The van der Waals surface area contributed by atoms with Gasteiger partial charge in [-0.1, -0.05) is 38.1 Å². The van der Waals surface area contributed by atoms with Gasteiger partial charge in [0.2, 0.25) is 0 Å². The van der Waals surface area contributed by atoms with Crippen molar-refractivity contribution in [3.8, 4) is 10.6 Å². The molecule has 0 spiro atoms. The molecule has 2 rings (SSSR count). The van der Waals surface area contributed by atoms with Gasteiger partial charge in [-0.05, 0) is 25.3 Å². The van der Waals surface area contributed by atoms with Crippen molar-refractivity contribution in [3.63, 3.8) is 0 Å². The second-order valence-corrected chi connectivity index (χ2v) is 6.30. The minimum atomic E-state index is -0.110. The van der Waals surface area contributed by atoms with E-state index < -0.39 is 0 Å². The number of carbonyl (C=O) groups excluding carboxylic acids is 1. The number of amides is 1. The van der Waals surface area contributed by atoms with Crippen molar-refractivity contribution in [2.24, 2.45) is 0 Å². The van der Waals surface area contributed by atoms with Crippen LogP contribution in [0.4, 0.5) is 0 Å². The molecule has 1 aromatic carbocycles. The Morgan fingerprint density at radius 3 is 2.35 bits per heavy atom. The molecule has 0 aliphatic carbocycles. The fraction of sp³-hybridized carbons (Fsp3) is 0.375. The van der Waals surface area contributed by atoms with Crippen LogP contribution in [0.15, 0.2) is 29.6 Å². The number of nitrogens with zero attached hydrogens (tertiary/aromatic N) is 1. The van der Waals surface area contributed by atoms with Crippen molar-refractivity contribution < 1.29 is 4.79 Å². The van der Waals surface area contributed by atoms with Gasteiger partial charge in [-0.15, -0.1) is 11.3 Å². The molecule has 1 amide bonds. The summed E-state index contributed by atoms with van der Waals surface area (Å²) in [5, 5.41) is 5.55. The summed E-state index contributed by atoms with van der Waals surface area (Å²) in [6.07, 6.45) is 0. The summed E-state index contributed by atoms with van der Waals surface area (Å²) >= 11 is 1.50. The van der Waals surface area contributed by atoms with Crippen LogP contribution in [0, 0.1) is 0 Å². The van der Waals surface area contributed by atoms with Crippen molar-refractivity contribution in [1.82, 2.24) is 10.3 Å². The monoisotopic (exact) mass is 288 g/mol. The van der Waals surface area contributed by atoms with Crippen molar-refractivity contribution in [3.05, 3.63) is 40.9 Å². The van der Waals surface area contributed by atoms with Crippen molar-refractivity contribution >= 4 is 17.2 Å². The van der Waals surface area contributed by atoms with Crippen LogP contribution in [0.25, 0.3) is 10.6 Å². The van der Waals surface area contributed by atoms with E-state index in [-0.39, 0.29) is 11.9 Å². The average molecular weight is 288 g/mol. The molecule has 2 aromatic rings. The molecule has 3 nitrogen and oxygen atoms in total. The Balaban J connectivity index is 2.18. The number of nitrogens with one attached hydrogen (secondary N) is 1. The molecular weight excluding hydrogens is 268 g/mol. The number of rotatable bonds is 4. The third-order valence-corrected chi connectivity index (χ3v) is 3.87. The summed E-state index contributed by atoms with van der Waals surface area (Å²) in [5.41, 5.74) is 2.86. The van der Waals surface area contributed by atoms with Crippen molar-refractivity contribution in [1.29, 1.82) is 0 Å². The molecule has 20 heavy (non-hydrogen) atoms. The van der Waals surface area contributed by atoms with E-state index in [2.05, 4.69) is 48.4 Å². The van der Waals surface area contributed by atoms with Gasteiger partial charge in [0.05, 0.1) is 0 Å². The van der Waals surface area contributed by atoms with Crippen LogP contribution in [-0.4, -0.2) is 16.9 Å². The fourth-order valence-corrected chi connectivity index (χ4v) is 2.66. The molecule has 0 saturated carbocycles. The van der Waals surface area contributed by atoms with Crippen molar-refractivity contribution in [2.75, 3.05) is 0 Å². The zero-order valence-corrected chi connectivity index (χ0v) is 13.1. The van der Waals surface area contributed by atoms with E-state index in [1.165, 1.54) is 16.9 Å². The van der Waals surface area contributed by atoms with Gasteiger partial charge >= 0.3 is 0 Å². The van der Waals surface area contributed by atoms with E-state index in [1.807, 2.05) is 19.2 Å². The first-order chi connectivity index (χ1) is 9.47. The summed E-state index contributed by atoms with van der Waals surface area (Å²) in [7, 11) is 0. The normalized spacial score (nSPS) is 11.1. The SMILES string of the molecule is CC(C)NC(=O)c1csc(-c2ccc(C(C)C)cc2)n1. The topological polar surface area (TPSA) is 42.0 Å². The maximum absolute atomic E-state index is 11.9. The molecule has 0 aliphatic heterocycles. The van der Waals surface area contributed by atoms with Gasteiger partial charge < -0.3 is 5.32 Å². The summed E-state index contributed by atoms with van der Waals surface area (Å²) in [6, 6.07) is 8.50. The van der Waals surface area contributed by atoms with E-state index in [4.69, 9.17) is 0 Å². The second-order valence-electron chi connectivity index (χ2n) is 5.44. The fourth-order valence-electron chi connectivity index (χ4n) is 1.86. The molecule has 4 heteroatoms. The molecule has 0 radical (unpaired) electrons. The Kier molecular flexibility index (Phi) is 4.55. The minimum absolute atomic E-state index is 0.110. The highest BCUT2D eigenvalue weighted by Gasteiger charge is 2.12. The van der Waals surface area contributed by atoms with Crippen LogP contribution < -0.4 is 5.32 Å². The third kappa shape index (κ3) is 3.45. The van der Waals surface area contributed by atoms with E-state index >= 15 is 0 Å². The summed E-state index contributed by atoms with van der Waals surface area (Å²) in [5.74, 6) is 0.411. The lowest BCUT2D eigenvalue weighted by molar-refractivity contribution is 0.0939. The van der Waals surface area contributed by atoms with Crippen LogP contribution in [0.2, 0.25) is 0 Å². The maximum Gasteiger partial charge on any atom is 0.270 e. The Hall–Kier alpha value is -1.68. The largest absolute Gasteiger partial charge is 0.349 e. The average Bonchev–Trinajstić information content (AvgIpc) is 2.87. The van der Waals surface area contributed by atoms with E-state index in [1.54, 1.807) is 0 Å². The molecule has 1 heterocycles. The van der Waals surface area contributed by atoms with Gasteiger partial charge in [0.1, 0.15) is 10.7 Å². The van der Waals surface area contributed by atoms with Gasteiger partial charge in [0, 0.05) is 17.0 Å². The first-order valence-electron chi connectivity index (χ1n) is 6.84. The summed E-state index contributed by atoms with van der Waals surface area (Å²) < 4.78 is 0. The van der Waals surface area contributed by atoms with E-state index in [0.29, 0.717) is 11.6 Å².